The molecule has 72 valence electrons. The van der Waals surface area contributed by atoms with Crippen LogP contribution in [-0.4, -0.2) is 12.9 Å². The molecule has 0 N–H and O–H groups in total. The molecule has 0 aromatic heterocycles. The van der Waals surface area contributed by atoms with E-state index in [4.69, 9.17) is 10.00 Å². The lowest BCUT2D eigenvalue weighted by Crippen LogP contribution is -1.99. The lowest BCUT2D eigenvalue weighted by atomic mass is 10.1. The smallest absolute Gasteiger partial charge is 0.163 e. The highest BCUT2D eigenvalue weighted by Crippen LogP contribution is 2.30. The Balaban J connectivity index is 3.45. The summed E-state index contributed by atoms with van der Waals surface area (Å²) in [6, 6.07) is 5.11. The van der Waals surface area contributed by atoms with Crippen LogP contribution < -0.4 is 4.74 Å². The highest BCUT2D eigenvalue weighted by atomic mass is 79.9. The molecule has 1 aromatic carbocycles. The van der Waals surface area contributed by atoms with E-state index in [1.807, 2.05) is 6.07 Å². The van der Waals surface area contributed by atoms with Gasteiger partial charge in [0.05, 0.1) is 28.8 Å². The van der Waals surface area contributed by atoms with E-state index in [-0.39, 0.29) is 5.78 Å². The average molecular weight is 254 g/mol. The number of hydrogen-bond donors (Lipinski definition) is 0. The minimum absolute atomic E-state index is 0.125. The zero-order valence-electron chi connectivity index (χ0n) is 7.80. The largest absolute Gasteiger partial charge is 0.495 e. The third-order valence-electron chi connectivity index (χ3n) is 1.76. The summed E-state index contributed by atoms with van der Waals surface area (Å²) in [5.41, 5.74) is 0.848. The van der Waals surface area contributed by atoms with E-state index in [0.29, 0.717) is 21.3 Å². The zero-order chi connectivity index (χ0) is 10.7. The number of ketones is 1. The Morgan fingerprint density at radius 3 is 2.64 bits per heavy atom. The molecule has 0 amide bonds. The Labute approximate surface area is 90.4 Å². The number of halogens is 1. The van der Waals surface area contributed by atoms with Crippen molar-refractivity contribution in [3.63, 3.8) is 0 Å². The number of nitrogens with zero attached hydrogens (tertiary/aromatic N) is 1. The molecule has 0 spiro atoms. The molecule has 4 heteroatoms. The van der Waals surface area contributed by atoms with Gasteiger partial charge in [-0.2, -0.15) is 5.26 Å². The van der Waals surface area contributed by atoms with Gasteiger partial charge in [-0.25, -0.2) is 0 Å². The van der Waals surface area contributed by atoms with Gasteiger partial charge in [-0.1, -0.05) is 0 Å². The van der Waals surface area contributed by atoms with Crippen LogP contribution in [0.1, 0.15) is 22.8 Å². The quantitative estimate of drug-likeness (QED) is 0.762. The van der Waals surface area contributed by atoms with Crippen molar-refractivity contribution in [1.29, 1.82) is 5.26 Å². The molecule has 0 aliphatic heterocycles. The maximum atomic E-state index is 11.2. The van der Waals surface area contributed by atoms with Crippen LogP contribution in [0.3, 0.4) is 0 Å². The number of methoxy groups -OCH3 is 1. The maximum absolute atomic E-state index is 11.2. The lowest BCUT2D eigenvalue weighted by molar-refractivity contribution is 0.101. The van der Waals surface area contributed by atoms with Crippen LogP contribution in [0.2, 0.25) is 0 Å². The standard InChI is InChI=1S/C10H8BrNO2/c1-6(13)8-3-7(5-12)4-9(11)10(8)14-2/h3-4H,1-2H3. The third kappa shape index (κ3) is 1.94. The van der Waals surface area contributed by atoms with Crippen LogP contribution in [-0.2, 0) is 0 Å². The fourth-order valence-corrected chi connectivity index (χ4v) is 1.75. The number of Topliss-reactive ketones (excluding diaryl/α,β-unsaturated/α-hetero) is 1. The first-order valence-corrected chi connectivity index (χ1v) is 4.68. The van der Waals surface area contributed by atoms with E-state index < -0.39 is 0 Å². The van der Waals surface area contributed by atoms with Crippen LogP contribution in [0.25, 0.3) is 0 Å². The van der Waals surface area contributed by atoms with Gasteiger partial charge in [0, 0.05) is 0 Å². The van der Waals surface area contributed by atoms with Crippen molar-refractivity contribution in [2.24, 2.45) is 0 Å². The number of rotatable bonds is 2. The van der Waals surface area contributed by atoms with Gasteiger partial charge < -0.3 is 4.74 Å². The van der Waals surface area contributed by atoms with E-state index in [2.05, 4.69) is 15.9 Å². The average Bonchev–Trinajstić information content (AvgIpc) is 2.16. The van der Waals surface area contributed by atoms with Gasteiger partial charge in [0.25, 0.3) is 0 Å². The molecule has 0 bridgehead atoms. The van der Waals surface area contributed by atoms with Crippen molar-refractivity contribution in [2.45, 2.75) is 6.92 Å². The summed E-state index contributed by atoms with van der Waals surface area (Å²) >= 11 is 3.24. The molecule has 0 aliphatic rings. The summed E-state index contributed by atoms with van der Waals surface area (Å²) in [4.78, 5) is 11.2. The minimum atomic E-state index is -0.125. The molecule has 3 nitrogen and oxygen atoms in total. The van der Waals surface area contributed by atoms with E-state index in [0.717, 1.165) is 0 Å². The number of benzene rings is 1. The molecule has 0 heterocycles. The molecule has 0 saturated carbocycles. The second-order valence-electron chi connectivity index (χ2n) is 2.71. The van der Waals surface area contributed by atoms with Crippen LogP contribution in [0.4, 0.5) is 0 Å². The molecule has 0 unspecified atom stereocenters. The molecule has 1 rings (SSSR count). The Bertz CT molecular complexity index is 421. The van der Waals surface area contributed by atoms with Gasteiger partial charge in [0.2, 0.25) is 0 Å². The van der Waals surface area contributed by atoms with Gasteiger partial charge in [-0.05, 0) is 35.0 Å². The first-order valence-electron chi connectivity index (χ1n) is 3.88. The Kier molecular flexibility index (Phi) is 3.26. The molecule has 14 heavy (non-hydrogen) atoms. The van der Waals surface area contributed by atoms with E-state index in [9.17, 15) is 4.79 Å². The predicted molar refractivity (Wildman–Crippen MR) is 55.4 cm³/mol. The van der Waals surface area contributed by atoms with E-state index in [1.54, 1.807) is 6.07 Å². The van der Waals surface area contributed by atoms with Crippen molar-refractivity contribution >= 4 is 21.7 Å². The van der Waals surface area contributed by atoms with E-state index >= 15 is 0 Å². The molecule has 0 saturated heterocycles. The van der Waals surface area contributed by atoms with Crippen LogP contribution in [0.5, 0.6) is 5.75 Å². The summed E-state index contributed by atoms with van der Waals surface area (Å²) in [6.07, 6.45) is 0. The third-order valence-corrected chi connectivity index (χ3v) is 2.35. The second-order valence-corrected chi connectivity index (χ2v) is 3.56. The Morgan fingerprint density at radius 2 is 2.21 bits per heavy atom. The highest BCUT2D eigenvalue weighted by molar-refractivity contribution is 9.10. The summed E-state index contributed by atoms with van der Waals surface area (Å²) in [6.45, 7) is 1.44. The number of hydrogen-bond acceptors (Lipinski definition) is 3. The fourth-order valence-electron chi connectivity index (χ4n) is 1.13. The fraction of sp³-hybridized carbons (Fsp3) is 0.200. The molecular formula is C10H8BrNO2. The molecule has 0 radical (unpaired) electrons. The number of ether oxygens (including phenoxy) is 1. The predicted octanol–water partition coefficient (Wildman–Crippen LogP) is 2.53. The van der Waals surface area contributed by atoms with Crippen LogP contribution in [0, 0.1) is 11.3 Å². The van der Waals surface area contributed by atoms with Crippen molar-refractivity contribution < 1.29 is 9.53 Å². The summed E-state index contributed by atoms with van der Waals surface area (Å²) in [5.74, 6) is 0.344. The van der Waals surface area contributed by atoms with E-state index in [1.165, 1.54) is 20.1 Å². The van der Waals surface area contributed by atoms with Gasteiger partial charge in [-0.15, -0.1) is 0 Å². The summed E-state index contributed by atoms with van der Waals surface area (Å²) in [7, 11) is 1.48. The molecular weight excluding hydrogens is 246 g/mol. The van der Waals surface area contributed by atoms with Crippen molar-refractivity contribution in [2.75, 3.05) is 7.11 Å². The van der Waals surface area contributed by atoms with Crippen molar-refractivity contribution in [3.8, 4) is 11.8 Å². The number of carbonyl (C=O) groups excluding carboxylic acids is 1. The zero-order valence-corrected chi connectivity index (χ0v) is 9.38. The van der Waals surface area contributed by atoms with Gasteiger partial charge in [0.1, 0.15) is 5.75 Å². The van der Waals surface area contributed by atoms with Gasteiger partial charge in [-0.3, -0.25) is 4.79 Å². The van der Waals surface area contributed by atoms with Crippen molar-refractivity contribution in [1.82, 2.24) is 0 Å². The first kappa shape index (κ1) is 10.7. The number of carbonyl (C=O) groups is 1. The second kappa shape index (κ2) is 4.25. The molecule has 0 aliphatic carbocycles. The topological polar surface area (TPSA) is 50.1 Å². The highest BCUT2D eigenvalue weighted by Gasteiger charge is 2.13. The van der Waals surface area contributed by atoms with Gasteiger partial charge in [0.15, 0.2) is 5.78 Å². The minimum Gasteiger partial charge on any atom is -0.495 e. The first-order chi connectivity index (χ1) is 6.60. The van der Waals surface area contributed by atoms with Crippen LogP contribution in [0.15, 0.2) is 16.6 Å². The summed E-state index contributed by atoms with van der Waals surface area (Å²) < 4.78 is 5.67. The molecule has 1 aromatic rings. The molecule has 0 fully saturated rings. The SMILES string of the molecule is COc1c(Br)cc(C#N)cc1C(C)=O. The van der Waals surface area contributed by atoms with Crippen LogP contribution >= 0.6 is 15.9 Å². The monoisotopic (exact) mass is 253 g/mol. The number of nitriles is 1. The lowest BCUT2D eigenvalue weighted by Gasteiger charge is -2.08. The van der Waals surface area contributed by atoms with Gasteiger partial charge >= 0.3 is 0 Å². The normalized spacial score (nSPS) is 9.29. The Morgan fingerprint density at radius 1 is 1.57 bits per heavy atom. The molecule has 0 atom stereocenters. The Hall–Kier alpha value is -1.34. The van der Waals surface area contributed by atoms with Crippen molar-refractivity contribution in [3.05, 3.63) is 27.7 Å². The maximum Gasteiger partial charge on any atom is 0.163 e. The summed E-state index contributed by atoms with van der Waals surface area (Å²) in [5, 5.41) is 8.71.